The molecule has 2 aromatic carbocycles. The van der Waals surface area contributed by atoms with Crippen molar-refractivity contribution in [3.05, 3.63) is 67.0 Å². The molecule has 0 saturated carbocycles. The Labute approximate surface area is 226 Å². The molecular formula is C24H19BrF3N3O6S. The number of piperidine rings is 1. The minimum atomic E-state index is -4.76. The topological polar surface area (TPSA) is 110 Å². The molecule has 0 atom stereocenters. The van der Waals surface area contributed by atoms with E-state index in [1.807, 2.05) is 0 Å². The van der Waals surface area contributed by atoms with Gasteiger partial charge < -0.3 is 9.64 Å². The first-order valence-electron chi connectivity index (χ1n) is 11.3. The summed E-state index contributed by atoms with van der Waals surface area (Å²) >= 11 is 3.95. The van der Waals surface area contributed by atoms with Crippen molar-refractivity contribution < 1.29 is 37.2 Å². The Hall–Kier alpha value is -3.39. The van der Waals surface area contributed by atoms with Crippen molar-refractivity contribution in [2.75, 3.05) is 19.6 Å². The number of benzene rings is 2. The summed E-state index contributed by atoms with van der Waals surface area (Å²) in [6.45, 7) is 0.871. The Balaban J connectivity index is 1.49. The molecule has 9 nitrogen and oxygen atoms in total. The molecule has 2 heterocycles. The first kappa shape index (κ1) is 27.6. The Kier molecular flexibility index (Phi) is 8.11. The number of hydrogen-bond donors (Lipinski definition) is 0. The number of rotatable bonds is 6. The molecule has 0 aliphatic carbocycles. The van der Waals surface area contributed by atoms with Crippen molar-refractivity contribution in [3.8, 4) is 11.5 Å². The zero-order chi connectivity index (χ0) is 27.6. The van der Waals surface area contributed by atoms with Crippen LogP contribution in [0.4, 0.5) is 23.7 Å². The lowest BCUT2D eigenvalue weighted by molar-refractivity contribution is -0.385. The van der Waals surface area contributed by atoms with Gasteiger partial charge in [0.2, 0.25) is 11.7 Å². The Morgan fingerprint density at radius 3 is 2.42 bits per heavy atom. The van der Waals surface area contributed by atoms with Gasteiger partial charge in [0, 0.05) is 19.2 Å². The smallest absolute Gasteiger partial charge is 0.416 e. The molecule has 0 bridgehead atoms. The third kappa shape index (κ3) is 6.18. The highest BCUT2D eigenvalue weighted by atomic mass is 79.9. The number of ether oxygens (including phenoxy) is 1. The largest absolute Gasteiger partial charge is 0.449 e. The molecule has 0 radical (unpaired) electrons. The van der Waals surface area contributed by atoms with Crippen molar-refractivity contribution in [1.29, 1.82) is 0 Å². The maximum atomic E-state index is 12.9. The van der Waals surface area contributed by atoms with Gasteiger partial charge in [0.05, 0.1) is 19.9 Å². The van der Waals surface area contributed by atoms with Crippen LogP contribution in [0.5, 0.6) is 11.5 Å². The van der Waals surface area contributed by atoms with Gasteiger partial charge >= 0.3 is 11.9 Å². The highest BCUT2D eigenvalue weighted by Gasteiger charge is 2.37. The normalized spacial score (nSPS) is 17.3. The number of hydrogen-bond acceptors (Lipinski definition) is 7. The van der Waals surface area contributed by atoms with Crippen LogP contribution in [0.1, 0.15) is 30.4 Å². The maximum absolute atomic E-state index is 12.9. The van der Waals surface area contributed by atoms with E-state index >= 15 is 0 Å². The molecule has 0 aromatic heterocycles. The van der Waals surface area contributed by atoms with E-state index in [0.29, 0.717) is 47.0 Å². The van der Waals surface area contributed by atoms with Gasteiger partial charge in [0.15, 0.2) is 0 Å². The number of imide groups is 1. The lowest BCUT2D eigenvalue weighted by atomic mass is 10.1. The van der Waals surface area contributed by atoms with E-state index in [4.69, 9.17) is 4.74 Å². The Morgan fingerprint density at radius 1 is 1.11 bits per heavy atom. The third-order valence-corrected chi connectivity index (χ3v) is 7.36. The summed E-state index contributed by atoms with van der Waals surface area (Å²) in [5.41, 5.74) is -1.57. The molecule has 3 amide bonds. The van der Waals surface area contributed by atoms with Gasteiger partial charge in [-0.2, -0.15) is 13.2 Å². The number of amides is 3. The SMILES string of the molecule is O=C(CN1C(=O)S/C(=C\c2ccc(Oc3ccc(C(F)(F)F)cc3[N+](=O)[O-])c(Br)c2)C1=O)N1CCCCC1. The van der Waals surface area contributed by atoms with E-state index < -0.39 is 39.2 Å². The fourth-order valence-corrected chi connectivity index (χ4v) is 5.21. The molecule has 4 rings (SSSR count). The van der Waals surface area contributed by atoms with Crippen LogP contribution in [0.3, 0.4) is 0 Å². The fourth-order valence-electron chi connectivity index (χ4n) is 3.90. The first-order chi connectivity index (χ1) is 17.9. The van der Waals surface area contributed by atoms with Crippen molar-refractivity contribution in [2.45, 2.75) is 25.4 Å². The molecule has 0 unspecified atom stereocenters. The highest BCUT2D eigenvalue weighted by molar-refractivity contribution is 9.10. The van der Waals surface area contributed by atoms with Crippen molar-refractivity contribution in [3.63, 3.8) is 0 Å². The summed E-state index contributed by atoms with van der Waals surface area (Å²) in [5.74, 6) is -1.20. The van der Waals surface area contributed by atoms with Crippen LogP contribution in [0, 0.1) is 10.1 Å². The van der Waals surface area contributed by atoms with E-state index in [2.05, 4.69) is 15.9 Å². The van der Waals surface area contributed by atoms with Crippen LogP contribution in [-0.4, -0.2) is 51.4 Å². The summed E-state index contributed by atoms with van der Waals surface area (Å²) in [4.78, 5) is 50.7. The van der Waals surface area contributed by atoms with E-state index in [-0.39, 0.29) is 23.1 Å². The summed E-state index contributed by atoms with van der Waals surface area (Å²) < 4.78 is 44.6. The minimum absolute atomic E-state index is 0.0743. The molecule has 2 fully saturated rings. The van der Waals surface area contributed by atoms with Gasteiger partial charge in [-0.05, 0) is 82.9 Å². The number of nitro benzene ring substituents is 1. The predicted molar refractivity (Wildman–Crippen MR) is 135 cm³/mol. The number of carbonyl (C=O) groups is 3. The summed E-state index contributed by atoms with van der Waals surface area (Å²) in [7, 11) is 0. The second kappa shape index (κ2) is 11.2. The van der Waals surface area contributed by atoms with Gasteiger partial charge in [-0.25, -0.2) is 0 Å². The fraction of sp³-hybridized carbons (Fsp3) is 0.292. The molecule has 14 heteroatoms. The first-order valence-corrected chi connectivity index (χ1v) is 12.9. The third-order valence-electron chi connectivity index (χ3n) is 5.83. The minimum Gasteiger partial charge on any atom is -0.449 e. The van der Waals surface area contributed by atoms with Gasteiger partial charge in [0.1, 0.15) is 12.3 Å². The van der Waals surface area contributed by atoms with Crippen LogP contribution in [0.25, 0.3) is 6.08 Å². The van der Waals surface area contributed by atoms with Crippen LogP contribution < -0.4 is 4.74 Å². The van der Waals surface area contributed by atoms with E-state index in [1.54, 1.807) is 4.90 Å². The van der Waals surface area contributed by atoms with Crippen LogP contribution >= 0.6 is 27.7 Å². The zero-order valence-corrected chi connectivity index (χ0v) is 21.9. The molecule has 0 spiro atoms. The average Bonchev–Trinajstić information content (AvgIpc) is 3.12. The molecule has 2 saturated heterocycles. The molecular weight excluding hydrogens is 595 g/mol. The van der Waals surface area contributed by atoms with Gasteiger partial charge in [-0.1, -0.05) is 6.07 Å². The monoisotopic (exact) mass is 613 g/mol. The number of nitrogens with zero attached hydrogens (tertiary/aromatic N) is 3. The number of halogens is 4. The lowest BCUT2D eigenvalue weighted by Crippen LogP contribution is -2.44. The van der Waals surface area contributed by atoms with Crippen molar-refractivity contribution >= 4 is 56.5 Å². The van der Waals surface area contributed by atoms with E-state index in [9.17, 15) is 37.7 Å². The maximum Gasteiger partial charge on any atom is 0.416 e. The Bertz CT molecular complexity index is 1340. The number of alkyl halides is 3. The van der Waals surface area contributed by atoms with E-state index in [0.717, 1.165) is 30.2 Å². The summed E-state index contributed by atoms with van der Waals surface area (Å²) in [6, 6.07) is 6.35. The molecule has 38 heavy (non-hydrogen) atoms. The lowest BCUT2D eigenvalue weighted by Gasteiger charge is -2.27. The molecule has 2 aromatic rings. The number of likely N-dealkylation sites (tertiary alicyclic amines) is 1. The van der Waals surface area contributed by atoms with Crippen molar-refractivity contribution in [2.24, 2.45) is 0 Å². The molecule has 2 aliphatic rings. The predicted octanol–water partition coefficient (Wildman–Crippen LogP) is 6.22. The molecule has 200 valence electrons. The Morgan fingerprint density at radius 2 is 1.79 bits per heavy atom. The molecule has 2 aliphatic heterocycles. The average molecular weight is 614 g/mol. The molecule has 0 N–H and O–H groups in total. The van der Waals surface area contributed by atoms with Crippen LogP contribution in [-0.2, 0) is 15.8 Å². The summed E-state index contributed by atoms with van der Waals surface area (Å²) in [6.07, 6.45) is -0.505. The van der Waals surface area contributed by atoms with Crippen molar-refractivity contribution in [1.82, 2.24) is 9.80 Å². The van der Waals surface area contributed by atoms with Crippen LogP contribution in [0.2, 0.25) is 0 Å². The standard InChI is InChI=1S/C24H19BrF3N3O6S/c25-16-10-14(4-6-18(16)37-19-7-5-15(24(26,27)28)12-17(19)31(35)36)11-20-22(33)30(23(34)38-20)13-21(32)29-8-2-1-3-9-29/h4-7,10-12H,1-3,8-9,13H2/b20-11-. The number of nitro groups is 1. The number of thioether (sulfide) groups is 1. The summed E-state index contributed by atoms with van der Waals surface area (Å²) in [5, 5.41) is 10.8. The van der Waals surface area contributed by atoms with E-state index in [1.165, 1.54) is 24.3 Å². The highest BCUT2D eigenvalue weighted by Crippen LogP contribution is 2.40. The number of carbonyl (C=O) groups excluding carboxylic acids is 3. The quantitative estimate of drug-likeness (QED) is 0.216. The second-order valence-electron chi connectivity index (χ2n) is 8.44. The van der Waals surface area contributed by atoms with Gasteiger partial charge in [-0.3, -0.25) is 29.4 Å². The van der Waals surface area contributed by atoms with Gasteiger partial charge in [-0.15, -0.1) is 0 Å². The second-order valence-corrected chi connectivity index (χ2v) is 10.3. The zero-order valence-electron chi connectivity index (χ0n) is 19.5. The van der Waals surface area contributed by atoms with Gasteiger partial charge in [0.25, 0.3) is 11.1 Å². The van der Waals surface area contributed by atoms with Crippen LogP contribution in [0.15, 0.2) is 45.8 Å².